The number of nitrogens with zero attached hydrogens (tertiary/aromatic N) is 6. The molecule has 14 heteroatoms. The number of aromatic nitrogens is 3. The average molecular weight is 790 g/mol. The van der Waals surface area contributed by atoms with Crippen LogP contribution in [0.3, 0.4) is 0 Å². The van der Waals surface area contributed by atoms with Crippen LogP contribution in [0.2, 0.25) is 0 Å². The van der Waals surface area contributed by atoms with Crippen LogP contribution < -0.4 is 25.1 Å². The molecule has 1 N–H and O–H groups in total. The Morgan fingerprint density at radius 1 is 0.879 bits per heavy atom. The van der Waals surface area contributed by atoms with Crippen molar-refractivity contribution in [3.8, 4) is 28.4 Å². The quantitative estimate of drug-likeness (QED) is 0.229. The van der Waals surface area contributed by atoms with E-state index in [-0.39, 0.29) is 29.9 Å². The first-order chi connectivity index (χ1) is 28.1. The third-order valence-electron chi connectivity index (χ3n) is 13.4. The minimum atomic E-state index is -0.614. The molecule has 6 heterocycles. The van der Waals surface area contributed by atoms with Crippen molar-refractivity contribution in [1.82, 2.24) is 34.8 Å². The molecule has 304 valence electrons. The fourth-order valence-corrected chi connectivity index (χ4v) is 10.1. The van der Waals surface area contributed by atoms with Crippen LogP contribution in [0.15, 0.2) is 53.6 Å². The summed E-state index contributed by atoms with van der Waals surface area (Å²) in [7, 11) is 5.12. The van der Waals surface area contributed by atoms with Crippen molar-refractivity contribution in [1.29, 1.82) is 0 Å². The second-order valence-corrected chi connectivity index (χ2v) is 17.0. The van der Waals surface area contributed by atoms with Gasteiger partial charge in [-0.3, -0.25) is 29.4 Å². The van der Waals surface area contributed by atoms with Gasteiger partial charge in [-0.05, 0) is 130 Å². The van der Waals surface area contributed by atoms with E-state index in [2.05, 4.69) is 25.3 Å². The maximum Gasteiger partial charge on any atom is 0.259 e. The van der Waals surface area contributed by atoms with E-state index in [0.29, 0.717) is 40.8 Å². The summed E-state index contributed by atoms with van der Waals surface area (Å²) in [6.45, 7) is 6.51. The summed E-state index contributed by atoms with van der Waals surface area (Å²) < 4.78 is 19.9. The third-order valence-corrected chi connectivity index (χ3v) is 13.4. The summed E-state index contributed by atoms with van der Waals surface area (Å²) >= 11 is 0. The normalized spacial score (nSPS) is 21.6. The van der Waals surface area contributed by atoms with Crippen molar-refractivity contribution >= 4 is 28.6 Å². The summed E-state index contributed by atoms with van der Waals surface area (Å²) in [5.74, 6) is 2.10. The van der Waals surface area contributed by atoms with Gasteiger partial charge in [-0.1, -0.05) is 0 Å². The summed E-state index contributed by atoms with van der Waals surface area (Å²) in [5.41, 5.74) is 4.92. The molecule has 1 atom stereocenters. The fraction of sp³-hybridized carbons (Fsp3) is 0.500. The van der Waals surface area contributed by atoms with E-state index in [1.807, 2.05) is 30.3 Å². The molecule has 1 spiro atoms. The van der Waals surface area contributed by atoms with E-state index in [9.17, 15) is 19.2 Å². The van der Waals surface area contributed by atoms with Gasteiger partial charge < -0.3 is 28.6 Å². The molecule has 9 rings (SSSR count). The number of rotatable bonds is 10. The first-order valence-corrected chi connectivity index (χ1v) is 20.6. The molecule has 3 saturated heterocycles. The molecule has 5 aliphatic rings. The topological polar surface area (TPSA) is 148 Å². The molecule has 3 amide bonds. The number of piperidine rings is 3. The van der Waals surface area contributed by atoms with Gasteiger partial charge in [-0.15, -0.1) is 5.10 Å². The largest absolute Gasteiger partial charge is 0.496 e. The lowest BCUT2D eigenvalue weighted by Crippen LogP contribution is -2.52. The minimum absolute atomic E-state index is 0.118. The van der Waals surface area contributed by atoms with Gasteiger partial charge >= 0.3 is 0 Å². The number of methoxy groups -OCH3 is 2. The van der Waals surface area contributed by atoms with E-state index in [1.54, 1.807) is 43.0 Å². The number of amides is 3. The molecular formula is C44H51N7O7. The first kappa shape index (κ1) is 38.2. The fourth-order valence-electron chi connectivity index (χ4n) is 10.1. The Labute approximate surface area is 337 Å². The molecule has 4 fully saturated rings. The second kappa shape index (κ2) is 15.4. The van der Waals surface area contributed by atoms with Crippen LogP contribution in [-0.2, 0) is 29.7 Å². The maximum absolute atomic E-state index is 13.1. The number of nitrogens with one attached hydrogen (secondary N) is 1. The number of aryl methyl sites for hydroxylation is 1. The number of pyridine rings is 1. The predicted octanol–water partition coefficient (Wildman–Crippen LogP) is 4.31. The highest BCUT2D eigenvalue weighted by molar-refractivity contribution is 6.05. The van der Waals surface area contributed by atoms with E-state index in [0.717, 1.165) is 104 Å². The number of hydrogen-bond donors (Lipinski definition) is 1. The molecule has 1 unspecified atom stereocenters. The van der Waals surface area contributed by atoms with Crippen molar-refractivity contribution in [3.05, 3.63) is 75.8 Å². The highest BCUT2D eigenvalue weighted by atomic mass is 16.5. The molecule has 1 saturated carbocycles. The maximum atomic E-state index is 13.1. The molecular weight excluding hydrogens is 739 g/mol. The van der Waals surface area contributed by atoms with Gasteiger partial charge in [0.1, 0.15) is 28.8 Å². The van der Waals surface area contributed by atoms with Gasteiger partial charge in [0.25, 0.3) is 11.5 Å². The monoisotopic (exact) mass is 789 g/mol. The molecule has 0 bridgehead atoms. The van der Waals surface area contributed by atoms with E-state index in [4.69, 9.17) is 14.2 Å². The van der Waals surface area contributed by atoms with Gasteiger partial charge in [-0.25, -0.2) is 0 Å². The molecule has 0 radical (unpaired) electrons. The number of carbonyl (C=O) groups excluding carboxylic acids is 3. The number of hydrogen-bond acceptors (Lipinski definition) is 11. The van der Waals surface area contributed by atoms with Crippen LogP contribution in [0.5, 0.6) is 17.2 Å². The van der Waals surface area contributed by atoms with Crippen LogP contribution in [0.1, 0.15) is 72.9 Å². The number of imide groups is 1. The van der Waals surface area contributed by atoms with Gasteiger partial charge in [-0.2, -0.15) is 5.10 Å². The Hall–Kier alpha value is -5.34. The SMILES string of the molecule is COc1cc(-c2cn(C)c(=O)c3ccnnc23)cc(OC)c1CN1CCC(CN2CCC3(CC2)CC(Oc2ccc4c(c2)CN(C2CCC(=O)NC2=O)C4=O)C3)CC1. The zero-order valence-corrected chi connectivity index (χ0v) is 33.5. The van der Waals surface area contributed by atoms with Gasteiger partial charge in [0.2, 0.25) is 11.8 Å². The highest BCUT2D eigenvalue weighted by Crippen LogP contribution is 2.51. The van der Waals surface area contributed by atoms with Crippen LogP contribution in [-0.4, -0.2) is 106 Å². The van der Waals surface area contributed by atoms with Crippen molar-refractivity contribution in [3.63, 3.8) is 0 Å². The molecule has 14 nitrogen and oxygen atoms in total. The van der Waals surface area contributed by atoms with E-state index in [1.165, 1.54) is 19.0 Å². The van der Waals surface area contributed by atoms with Crippen molar-refractivity contribution in [2.75, 3.05) is 46.9 Å². The Bertz CT molecular complexity index is 2300. The summed E-state index contributed by atoms with van der Waals surface area (Å²) in [5, 5.41) is 11.2. The van der Waals surface area contributed by atoms with Crippen molar-refractivity contribution < 1.29 is 28.6 Å². The highest BCUT2D eigenvalue weighted by Gasteiger charge is 2.47. The van der Waals surface area contributed by atoms with Gasteiger partial charge in [0.05, 0.1) is 37.5 Å². The smallest absolute Gasteiger partial charge is 0.259 e. The average Bonchev–Trinajstić information content (AvgIpc) is 3.54. The zero-order chi connectivity index (χ0) is 40.1. The Morgan fingerprint density at radius 3 is 2.33 bits per heavy atom. The van der Waals surface area contributed by atoms with Gasteiger partial charge in [0.15, 0.2) is 0 Å². The standard InChI is InChI=1S/C44H51N7O7/c1-48-25-34(40-33(42(48)54)8-13-45-47-40)28-19-37(56-2)35(38(20-28)57-3)26-49-14-9-27(10-15-49)23-50-16-11-44(12-17-50)21-31(22-44)58-30-4-5-32-29(18-30)24-51(43(32)55)36-6-7-39(52)46-41(36)53/h4-5,8,13,18-20,25,27,31,36H,6-7,9-12,14-17,21-24,26H2,1-3H3,(H,46,52,53). The van der Waals surface area contributed by atoms with E-state index < -0.39 is 11.9 Å². The summed E-state index contributed by atoms with van der Waals surface area (Å²) in [6, 6.07) is 10.8. The minimum Gasteiger partial charge on any atom is -0.496 e. The number of fused-ring (bicyclic) bond motifs is 2. The van der Waals surface area contributed by atoms with E-state index >= 15 is 0 Å². The third kappa shape index (κ3) is 7.21. The van der Waals surface area contributed by atoms with Crippen LogP contribution in [0.4, 0.5) is 0 Å². The number of likely N-dealkylation sites (tertiary alicyclic amines) is 2. The Morgan fingerprint density at radius 2 is 1.62 bits per heavy atom. The van der Waals surface area contributed by atoms with Gasteiger partial charge in [0, 0.05) is 50.4 Å². The number of ether oxygens (including phenoxy) is 3. The lowest BCUT2D eigenvalue weighted by atomic mass is 9.61. The van der Waals surface area contributed by atoms with Crippen molar-refractivity contribution in [2.24, 2.45) is 18.4 Å². The molecule has 2 aromatic carbocycles. The van der Waals surface area contributed by atoms with Crippen LogP contribution in [0.25, 0.3) is 22.0 Å². The first-order valence-electron chi connectivity index (χ1n) is 20.6. The lowest BCUT2D eigenvalue weighted by molar-refractivity contribution is -0.136. The van der Waals surface area contributed by atoms with Crippen molar-refractivity contribution in [2.45, 2.75) is 76.6 Å². The second-order valence-electron chi connectivity index (χ2n) is 17.0. The van der Waals surface area contributed by atoms with Crippen LogP contribution >= 0.6 is 0 Å². The molecule has 2 aromatic heterocycles. The molecule has 58 heavy (non-hydrogen) atoms. The summed E-state index contributed by atoms with van der Waals surface area (Å²) in [4.78, 5) is 56.6. The zero-order valence-electron chi connectivity index (χ0n) is 33.5. The van der Waals surface area contributed by atoms with Crippen LogP contribution in [0, 0.1) is 11.3 Å². The molecule has 4 aliphatic heterocycles. The summed E-state index contributed by atoms with van der Waals surface area (Å²) in [6.07, 6.45) is 10.9. The molecule has 4 aromatic rings. The molecule has 1 aliphatic carbocycles. The predicted molar refractivity (Wildman–Crippen MR) is 216 cm³/mol. The Balaban J connectivity index is 0.745. The number of benzene rings is 2. The number of carbonyl (C=O) groups is 3. The Kier molecular flexibility index (Phi) is 10.2. The lowest BCUT2D eigenvalue weighted by Gasteiger charge is -2.52.